The fourth-order valence-electron chi connectivity index (χ4n) is 0.742. The Morgan fingerprint density at radius 3 is 1.69 bits per heavy atom. The Morgan fingerprint density at radius 2 is 1.46 bits per heavy atom. The minimum absolute atomic E-state index is 0.343. The van der Waals surface area contributed by atoms with Crippen molar-refractivity contribution in [1.82, 2.24) is 0 Å². The Hall–Kier alpha value is 0.653. The first kappa shape index (κ1) is 13.7. The second kappa shape index (κ2) is 5.51. The van der Waals surface area contributed by atoms with Crippen LogP contribution >= 0.6 is 7.82 Å². The van der Waals surface area contributed by atoms with Crippen LogP contribution in [0.1, 0.15) is 13.8 Å². The molecular weight excluding hydrogens is 252 g/mol. The quantitative estimate of drug-likeness (QED) is 0.550. The van der Waals surface area contributed by atoms with Crippen LogP contribution in [0.3, 0.4) is 0 Å². The molecule has 0 aliphatic heterocycles. The molecule has 0 aliphatic carbocycles. The van der Waals surface area contributed by atoms with Gasteiger partial charge < -0.3 is 0 Å². The van der Waals surface area contributed by atoms with Gasteiger partial charge in [-0.25, -0.2) is 0 Å². The summed E-state index contributed by atoms with van der Waals surface area (Å²) in [4.78, 5) is 0. The Labute approximate surface area is 83.3 Å². The van der Waals surface area contributed by atoms with Crippen LogP contribution in [0.15, 0.2) is 0 Å². The van der Waals surface area contributed by atoms with E-state index >= 15 is 0 Å². The summed E-state index contributed by atoms with van der Waals surface area (Å²) in [6.45, 7) is 4.22. The summed E-state index contributed by atoms with van der Waals surface area (Å²) in [5, 5.41) is 0. The molecule has 0 N–H and O–H groups in total. The average Bonchev–Trinajstić information content (AvgIpc) is 1.82. The second-order valence-corrected chi connectivity index (χ2v) is 15.1. The van der Waals surface area contributed by atoms with Gasteiger partial charge in [-0.15, -0.1) is 0 Å². The molecule has 13 heavy (non-hydrogen) atoms. The third-order valence-electron chi connectivity index (χ3n) is 0.960. The first-order valence-corrected chi connectivity index (χ1v) is 13.0. The molecule has 0 unspecified atom stereocenters. The molecule has 0 aromatic rings. The van der Waals surface area contributed by atoms with E-state index in [4.69, 9.17) is 12.6 Å². The molecule has 4 nitrogen and oxygen atoms in total. The molecule has 0 aliphatic rings. The molecule has 0 bridgehead atoms. The van der Waals surface area contributed by atoms with E-state index in [1.807, 2.05) is 17.3 Å². The molecule has 0 amide bonds. The summed E-state index contributed by atoms with van der Waals surface area (Å²) < 4.78 is 27.2. The van der Waals surface area contributed by atoms with Crippen LogP contribution in [0.5, 0.6) is 0 Å². The third kappa shape index (κ3) is 6.69. The van der Waals surface area contributed by atoms with E-state index < -0.39 is 21.4 Å². The molecule has 0 spiro atoms. The van der Waals surface area contributed by atoms with Gasteiger partial charge in [-0.3, -0.25) is 0 Å². The van der Waals surface area contributed by atoms with Crippen molar-refractivity contribution in [2.75, 3.05) is 13.2 Å². The molecule has 0 aromatic carbocycles. The van der Waals surface area contributed by atoms with Gasteiger partial charge in [-0.05, 0) is 0 Å². The van der Waals surface area contributed by atoms with Crippen LogP contribution in [-0.4, -0.2) is 26.8 Å². The Kier molecular flexibility index (Phi) is 5.79. The summed E-state index contributed by atoms with van der Waals surface area (Å²) in [6, 6.07) is 0. The van der Waals surface area contributed by atoms with Gasteiger partial charge in [0.15, 0.2) is 0 Å². The van der Waals surface area contributed by atoms with Gasteiger partial charge in [-0.2, -0.15) is 0 Å². The summed E-state index contributed by atoms with van der Waals surface area (Å²) in [6.07, 6.45) is 0. The van der Waals surface area contributed by atoms with Gasteiger partial charge in [0.25, 0.3) is 0 Å². The summed E-state index contributed by atoms with van der Waals surface area (Å²) in [5.41, 5.74) is 0. The van der Waals surface area contributed by atoms with Crippen molar-refractivity contribution in [3.8, 4) is 0 Å². The predicted molar refractivity (Wildman–Crippen MR) is 55.3 cm³/mol. The van der Waals surface area contributed by atoms with Crippen molar-refractivity contribution >= 4 is 21.4 Å². The number of rotatable bonds is 6. The van der Waals surface area contributed by atoms with Crippen LogP contribution < -0.4 is 0 Å². The Bertz CT molecular complexity index is 179. The zero-order valence-electron chi connectivity index (χ0n) is 8.99. The first-order chi connectivity index (χ1) is 5.83. The van der Waals surface area contributed by atoms with E-state index in [2.05, 4.69) is 0 Å². The number of hydrogen-bond donors (Lipinski definition) is 0. The molecular formula is C7H19GeO4P. The standard InChI is InChI=1S/C7H19GeO4P/c1-6-10-13(9,11-7-2)12-8(3,4)5/h6-7H2,1-5H3. The summed E-state index contributed by atoms with van der Waals surface area (Å²) in [5.74, 6) is 5.97. The first-order valence-electron chi connectivity index (χ1n) is 4.43. The zero-order valence-corrected chi connectivity index (χ0v) is 12.0. The maximum absolute atomic E-state index is 11.8. The van der Waals surface area contributed by atoms with Crippen LogP contribution in [-0.2, 0) is 17.2 Å². The summed E-state index contributed by atoms with van der Waals surface area (Å²) >= 11 is -2.35. The van der Waals surface area contributed by atoms with Crippen molar-refractivity contribution in [2.24, 2.45) is 0 Å². The molecule has 0 radical (unpaired) electrons. The molecule has 0 saturated heterocycles. The topological polar surface area (TPSA) is 44.8 Å². The second-order valence-electron chi connectivity index (χ2n) is 3.49. The molecule has 0 fully saturated rings. The molecule has 80 valence electrons. The predicted octanol–water partition coefficient (Wildman–Crippen LogP) is 3.02. The van der Waals surface area contributed by atoms with Gasteiger partial charge in [0.2, 0.25) is 0 Å². The summed E-state index contributed by atoms with van der Waals surface area (Å²) in [7, 11) is -3.26. The van der Waals surface area contributed by atoms with Crippen LogP contribution in [0.2, 0.25) is 17.3 Å². The van der Waals surface area contributed by atoms with E-state index in [0.29, 0.717) is 13.2 Å². The van der Waals surface area contributed by atoms with Gasteiger partial charge in [-0.1, -0.05) is 0 Å². The van der Waals surface area contributed by atoms with E-state index in [1.54, 1.807) is 13.8 Å². The van der Waals surface area contributed by atoms with Gasteiger partial charge in [0, 0.05) is 0 Å². The van der Waals surface area contributed by atoms with Crippen molar-refractivity contribution in [2.45, 2.75) is 31.1 Å². The van der Waals surface area contributed by atoms with E-state index in [1.165, 1.54) is 0 Å². The molecule has 0 saturated carbocycles. The maximum atomic E-state index is 11.8. The SMILES string of the molecule is CCOP(=O)(OCC)[O][Ge]([CH3])([CH3])[CH3]. The van der Waals surface area contributed by atoms with Crippen molar-refractivity contribution < 1.29 is 17.2 Å². The van der Waals surface area contributed by atoms with Crippen molar-refractivity contribution in [3.05, 3.63) is 0 Å². The molecule has 6 heteroatoms. The van der Waals surface area contributed by atoms with E-state index in [-0.39, 0.29) is 0 Å². The average molecular weight is 271 g/mol. The third-order valence-corrected chi connectivity index (χ3v) is 7.74. The minimum atomic E-state index is -3.26. The number of phosphoric ester groups is 1. The molecule has 0 rings (SSSR count). The Balaban J connectivity index is 4.33. The van der Waals surface area contributed by atoms with Crippen LogP contribution in [0.4, 0.5) is 0 Å². The molecule has 0 heterocycles. The van der Waals surface area contributed by atoms with Crippen LogP contribution in [0.25, 0.3) is 0 Å². The van der Waals surface area contributed by atoms with Gasteiger partial charge in [0.05, 0.1) is 0 Å². The van der Waals surface area contributed by atoms with E-state index in [9.17, 15) is 4.57 Å². The monoisotopic (exact) mass is 272 g/mol. The van der Waals surface area contributed by atoms with Crippen molar-refractivity contribution in [3.63, 3.8) is 0 Å². The fraction of sp³-hybridized carbons (Fsp3) is 1.00. The number of hydrogen-bond acceptors (Lipinski definition) is 4. The van der Waals surface area contributed by atoms with Gasteiger partial charge in [0.1, 0.15) is 0 Å². The number of phosphoric acid groups is 1. The van der Waals surface area contributed by atoms with Crippen LogP contribution in [0, 0.1) is 0 Å². The van der Waals surface area contributed by atoms with E-state index in [0.717, 1.165) is 0 Å². The van der Waals surface area contributed by atoms with Gasteiger partial charge >= 0.3 is 82.9 Å². The zero-order chi connectivity index (χ0) is 10.5. The fourth-order valence-corrected chi connectivity index (χ4v) is 7.11. The van der Waals surface area contributed by atoms with Crippen molar-refractivity contribution in [1.29, 1.82) is 0 Å². The molecule has 0 aromatic heterocycles. The Morgan fingerprint density at radius 1 is 1.08 bits per heavy atom. The normalized spacial score (nSPS) is 13.3. The molecule has 0 atom stereocenters.